The van der Waals surface area contributed by atoms with Crippen molar-refractivity contribution in [1.29, 1.82) is 0 Å². The number of piperidine rings is 1. The number of carbonyl (C=O) groups excluding carboxylic acids is 2. The maximum absolute atomic E-state index is 13.6. The third-order valence-electron chi connectivity index (χ3n) is 6.82. The lowest BCUT2D eigenvalue weighted by molar-refractivity contribution is 0.0613. The Morgan fingerprint density at radius 3 is 2.43 bits per heavy atom. The summed E-state index contributed by atoms with van der Waals surface area (Å²) < 4.78 is 0. The van der Waals surface area contributed by atoms with Crippen LogP contribution in [0.25, 0.3) is 10.9 Å². The van der Waals surface area contributed by atoms with Crippen LogP contribution in [-0.4, -0.2) is 29.1 Å². The molecule has 4 nitrogen and oxygen atoms in total. The molecule has 2 aliphatic heterocycles. The number of Topliss-reactive ketones (excluding diaryl/α,β-unsaturated/α-hetero) is 2. The number of rotatable bonds is 0. The average Bonchev–Trinajstić information content (AvgIpc) is 2.96. The predicted octanol–water partition coefficient (Wildman–Crippen LogP) is 4.22. The highest BCUT2D eigenvalue weighted by atomic mass is 16.2. The molecule has 2 aromatic carbocycles. The van der Waals surface area contributed by atoms with E-state index in [-0.39, 0.29) is 17.6 Å². The molecule has 3 aromatic rings. The predicted molar refractivity (Wildman–Crippen MR) is 108 cm³/mol. The molecule has 4 heteroatoms. The maximum Gasteiger partial charge on any atom is 0.179 e. The van der Waals surface area contributed by atoms with Crippen LogP contribution in [0.3, 0.4) is 0 Å². The molecule has 138 valence electrons. The van der Waals surface area contributed by atoms with Gasteiger partial charge in [0.1, 0.15) is 11.2 Å². The number of aromatic nitrogens is 1. The Labute approximate surface area is 163 Å². The summed E-state index contributed by atoms with van der Waals surface area (Å²) >= 11 is 0. The lowest BCUT2D eigenvalue weighted by Crippen LogP contribution is -2.60. The fourth-order valence-electron chi connectivity index (χ4n) is 5.57. The molecule has 0 unspecified atom stereocenters. The van der Waals surface area contributed by atoms with Crippen molar-refractivity contribution < 1.29 is 9.59 Å². The summed E-state index contributed by atoms with van der Waals surface area (Å²) in [4.78, 5) is 34.5. The molecule has 6 rings (SSSR count). The van der Waals surface area contributed by atoms with Gasteiger partial charge in [-0.15, -0.1) is 0 Å². The van der Waals surface area contributed by atoms with Crippen LogP contribution in [0.1, 0.15) is 45.5 Å². The standard InChI is InChI=1S/C24H20N2O2/c27-21-17-8-2-3-9-18(17)22(28)24(21)14-16-13-15-7-1-4-10-19(15)25-23(16)26-12-6-5-11-20(24)26/h1-4,7-10,13,20H,5-6,11-12,14H2/t20-/m1/s1. The van der Waals surface area contributed by atoms with Crippen molar-refractivity contribution in [1.82, 2.24) is 4.98 Å². The van der Waals surface area contributed by atoms with Gasteiger partial charge in [-0.05, 0) is 43.4 Å². The van der Waals surface area contributed by atoms with Gasteiger partial charge in [0.2, 0.25) is 0 Å². The Kier molecular flexibility index (Phi) is 3.14. The van der Waals surface area contributed by atoms with Crippen molar-refractivity contribution in [3.8, 4) is 0 Å². The number of benzene rings is 2. The number of hydrogen-bond donors (Lipinski definition) is 0. The summed E-state index contributed by atoms with van der Waals surface area (Å²) in [6.07, 6.45) is 3.42. The first kappa shape index (κ1) is 16.0. The summed E-state index contributed by atoms with van der Waals surface area (Å²) in [6, 6.07) is 17.4. The van der Waals surface area contributed by atoms with Gasteiger partial charge in [0.25, 0.3) is 0 Å². The molecule has 1 atom stereocenters. The van der Waals surface area contributed by atoms with Crippen LogP contribution in [0, 0.1) is 5.41 Å². The fraction of sp³-hybridized carbons (Fsp3) is 0.292. The summed E-state index contributed by atoms with van der Waals surface area (Å²) in [6.45, 7) is 0.849. The Balaban J connectivity index is 1.60. The lowest BCUT2D eigenvalue weighted by atomic mass is 9.66. The molecule has 0 radical (unpaired) electrons. The second-order valence-corrected chi connectivity index (χ2v) is 8.22. The van der Waals surface area contributed by atoms with Gasteiger partial charge in [0.15, 0.2) is 11.6 Å². The Morgan fingerprint density at radius 1 is 0.929 bits per heavy atom. The molecular formula is C24H20N2O2. The van der Waals surface area contributed by atoms with Gasteiger partial charge >= 0.3 is 0 Å². The minimum Gasteiger partial charge on any atom is -0.352 e. The third kappa shape index (κ3) is 1.88. The number of pyridine rings is 1. The van der Waals surface area contributed by atoms with Crippen molar-refractivity contribution >= 4 is 28.3 Å². The Bertz CT molecular complexity index is 1130. The average molecular weight is 368 g/mol. The number of ketones is 2. The van der Waals surface area contributed by atoms with Crippen molar-refractivity contribution in [3.05, 3.63) is 71.3 Å². The molecular weight excluding hydrogens is 348 g/mol. The van der Waals surface area contributed by atoms with Crippen molar-refractivity contribution in [2.24, 2.45) is 5.41 Å². The highest BCUT2D eigenvalue weighted by Crippen LogP contribution is 2.51. The minimum atomic E-state index is -0.999. The van der Waals surface area contributed by atoms with Crippen LogP contribution in [0.4, 0.5) is 5.82 Å². The first-order valence-corrected chi connectivity index (χ1v) is 10.0. The molecule has 0 N–H and O–H groups in total. The summed E-state index contributed by atoms with van der Waals surface area (Å²) in [5.74, 6) is 0.971. The topological polar surface area (TPSA) is 50.3 Å². The van der Waals surface area contributed by atoms with Crippen molar-refractivity contribution in [2.75, 3.05) is 11.4 Å². The third-order valence-corrected chi connectivity index (χ3v) is 6.82. The van der Waals surface area contributed by atoms with Crippen LogP contribution in [-0.2, 0) is 6.42 Å². The zero-order chi connectivity index (χ0) is 18.9. The molecule has 1 aliphatic carbocycles. The molecule has 1 fully saturated rings. The summed E-state index contributed by atoms with van der Waals surface area (Å²) in [5, 5.41) is 1.06. The van der Waals surface area contributed by atoms with Crippen molar-refractivity contribution in [3.63, 3.8) is 0 Å². The highest BCUT2D eigenvalue weighted by molar-refractivity contribution is 6.30. The normalized spacial score (nSPS) is 22.3. The van der Waals surface area contributed by atoms with Crippen LogP contribution >= 0.6 is 0 Å². The zero-order valence-electron chi connectivity index (χ0n) is 15.5. The summed E-state index contributed by atoms with van der Waals surface area (Å²) in [7, 11) is 0. The van der Waals surface area contributed by atoms with E-state index in [1.807, 2.05) is 48.5 Å². The smallest absolute Gasteiger partial charge is 0.179 e. The number of nitrogens with zero attached hydrogens (tertiary/aromatic N) is 2. The molecule has 3 heterocycles. The molecule has 0 bridgehead atoms. The Morgan fingerprint density at radius 2 is 1.64 bits per heavy atom. The molecule has 3 aliphatic rings. The van der Waals surface area contributed by atoms with Gasteiger partial charge in [-0.1, -0.05) is 42.5 Å². The van der Waals surface area contributed by atoms with E-state index in [9.17, 15) is 9.59 Å². The van der Waals surface area contributed by atoms with E-state index in [1.165, 1.54) is 0 Å². The first-order valence-electron chi connectivity index (χ1n) is 10.0. The second-order valence-electron chi connectivity index (χ2n) is 8.22. The van der Waals surface area contributed by atoms with Crippen molar-refractivity contribution in [2.45, 2.75) is 31.7 Å². The van der Waals surface area contributed by atoms with E-state index >= 15 is 0 Å². The summed E-state index contributed by atoms with van der Waals surface area (Å²) in [5.41, 5.74) is 2.17. The number of hydrogen-bond acceptors (Lipinski definition) is 4. The molecule has 1 saturated heterocycles. The number of fused-ring (bicyclic) bond motifs is 6. The van der Waals surface area contributed by atoms with E-state index < -0.39 is 5.41 Å². The first-order chi connectivity index (χ1) is 13.7. The SMILES string of the molecule is O=C1c2ccccc2C(=O)C12Cc1cc3ccccc3nc1N1CCCC[C@@H]12. The number of anilines is 1. The molecule has 1 aromatic heterocycles. The van der Waals surface area contributed by atoms with Gasteiger partial charge in [-0.3, -0.25) is 9.59 Å². The van der Waals surface area contributed by atoms with E-state index in [0.717, 1.165) is 48.1 Å². The van der Waals surface area contributed by atoms with Gasteiger partial charge in [0.05, 0.1) is 11.6 Å². The molecule has 1 spiro atoms. The van der Waals surface area contributed by atoms with Gasteiger partial charge < -0.3 is 4.90 Å². The maximum atomic E-state index is 13.6. The van der Waals surface area contributed by atoms with E-state index in [0.29, 0.717) is 17.5 Å². The fourth-order valence-corrected chi connectivity index (χ4v) is 5.57. The van der Waals surface area contributed by atoms with Crippen LogP contribution in [0.15, 0.2) is 54.6 Å². The molecule has 0 amide bonds. The lowest BCUT2D eigenvalue weighted by Gasteiger charge is -2.49. The van der Waals surface area contributed by atoms with Crippen LogP contribution in [0.5, 0.6) is 0 Å². The number of para-hydroxylation sites is 1. The van der Waals surface area contributed by atoms with Crippen LogP contribution < -0.4 is 4.90 Å². The molecule has 0 saturated carbocycles. The largest absolute Gasteiger partial charge is 0.352 e. The zero-order valence-corrected chi connectivity index (χ0v) is 15.5. The molecule has 28 heavy (non-hydrogen) atoms. The van der Waals surface area contributed by atoms with E-state index in [2.05, 4.69) is 11.0 Å². The quantitative estimate of drug-likeness (QED) is 0.558. The number of carbonyl (C=O) groups is 2. The highest BCUT2D eigenvalue weighted by Gasteiger charge is 2.61. The van der Waals surface area contributed by atoms with Gasteiger partial charge in [0, 0.05) is 23.1 Å². The monoisotopic (exact) mass is 368 g/mol. The Hall–Kier alpha value is -3.01. The van der Waals surface area contributed by atoms with E-state index in [1.54, 1.807) is 0 Å². The van der Waals surface area contributed by atoms with Crippen LogP contribution in [0.2, 0.25) is 0 Å². The van der Waals surface area contributed by atoms with Gasteiger partial charge in [-0.2, -0.15) is 0 Å². The second kappa shape index (κ2) is 5.51. The van der Waals surface area contributed by atoms with E-state index in [4.69, 9.17) is 4.98 Å². The minimum absolute atomic E-state index is 0.00353. The van der Waals surface area contributed by atoms with Gasteiger partial charge in [-0.25, -0.2) is 4.98 Å².